The lowest BCUT2D eigenvalue weighted by Crippen LogP contribution is -2.49. The van der Waals surface area contributed by atoms with E-state index in [0.717, 1.165) is 30.0 Å². The number of benzene rings is 4. The summed E-state index contributed by atoms with van der Waals surface area (Å²) < 4.78 is 11.6. The van der Waals surface area contributed by atoms with Crippen molar-refractivity contribution in [3.63, 3.8) is 0 Å². The Hall–Kier alpha value is -3.80. The summed E-state index contributed by atoms with van der Waals surface area (Å²) in [6.07, 6.45) is 0. The summed E-state index contributed by atoms with van der Waals surface area (Å²) in [6.45, 7) is 5.14. The van der Waals surface area contributed by atoms with Gasteiger partial charge in [0.05, 0.1) is 13.2 Å². The lowest BCUT2D eigenvalue weighted by Gasteiger charge is -2.40. The van der Waals surface area contributed by atoms with Crippen molar-refractivity contribution in [3.8, 4) is 11.5 Å². The molecule has 0 radical (unpaired) electrons. The van der Waals surface area contributed by atoms with Gasteiger partial charge >= 0.3 is 0 Å². The van der Waals surface area contributed by atoms with E-state index in [-0.39, 0.29) is 18.6 Å². The Morgan fingerprint density at radius 1 is 0.846 bits per heavy atom. The number of carbonyl (C=O) groups excluding carboxylic acids is 1. The minimum Gasteiger partial charge on any atom is -0.496 e. The molecule has 1 aliphatic rings. The molecule has 1 heterocycles. The molecule has 0 unspecified atom stereocenters. The van der Waals surface area contributed by atoms with Crippen LogP contribution >= 0.6 is 11.6 Å². The number of methoxy groups -OCH3 is 1. The number of hydrogen-bond acceptors (Lipinski definition) is 4. The third-order valence-corrected chi connectivity index (χ3v) is 7.67. The maximum atomic E-state index is 13.5. The van der Waals surface area contributed by atoms with Crippen molar-refractivity contribution in [3.05, 3.63) is 130 Å². The summed E-state index contributed by atoms with van der Waals surface area (Å²) in [4.78, 5) is 17.9. The minimum absolute atomic E-state index is 0.0249. The van der Waals surface area contributed by atoms with Crippen molar-refractivity contribution >= 4 is 17.5 Å². The quantitative estimate of drug-likeness (QED) is 0.247. The fraction of sp³-hybridized carbons (Fsp3) is 0.242. The van der Waals surface area contributed by atoms with E-state index in [1.165, 1.54) is 11.1 Å². The van der Waals surface area contributed by atoms with Crippen LogP contribution in [-0.4, -0.2) is 49.0 Å². The number of hydrogen-bond donors (Lipinski definition) is 0. The molecular weight excluding hydrogens is 508 g/mol. The lowest BCUT2D eigenvalue weighted by molar-refractivity contribution is 0.0597. The topological polar surface area (TPSA) is 42.0 Å². The molecule has 1 fully saturated rings. The van der Waals surface area contributed by atoms with Crippen LogP contribution in [0.3, 0.4) is 0 Å². The van der Waals surface area contributed by atoms with Gasteiger partial charge in [-0.05, 0) is 60.0 Å². The Morgan fingerprint density at radius 2 is 1.49 bits per heavy atom. The second-order valence-corrected chi connectivity index (χ2v) is 10.2. The summed E-state index contributed by atoms with van der Waals surface area (Å²) in [5, 5.41) is 0.700. The van der Waals surface area contributed by atoms with Gasteiger partial charge in [0.2, 0.25) is 0 Å². The monoisotopic (exact) mass is 540 g/mol. The van der Waals surface area contributed by atoms with Crippen molar-refractivity contribution in [2.24, 2.45) is 0 Å². The molecular formula is C33H33ClN2O3. The van der Waals surface area contributed by atoms with Crippen LogP contribution in [0.15, 0.2) is 97.1 Å². The van der Waals surface area contributed by atoms with Crippen molar-refractivity contribution < 1.29 is 14.3 Å². The summed E-state index contributed by atoms with van der Waals surface area (Å²) in [6, 6.07) is 32.5. The summed E-state index contributed by atoms with van der Waals surface area (Å²) in [5.74, 6) is 1.44. The molecule has 0 bridgehead atoms. The third-order valence-electron chi connectivity index (χ3n) is 7.25. The predicted octanol–water partition coefficient (Wildman–Crippen LogP) is 6.78. The van der Waals surface area contributed by atoms with E-state index in [1.54, 1.807) is 7.11 Å². The first kappa shape index (κ1) is 26.8. The molecule has 0 spiro atoms. The Kier molecular flexibility index (Phi) is 8.50. The summed E-state index contributed by atoms with van der Waals surface area (Å²) in [5.41, 5.74) is 4.94. The van der Waals surface area contributed by atoms with Gasteiger partial charge in [0.15, 0.2) is 0 Å². The molecule has 5 rings (SSSR count). The highest BCUT2D eigenvalue weighted by Gasteiger charge is 2.28. The second-order valence-electron chi connectivity index (χ2n) is 9.78. The Balaban J connectivity index is 1.28. The summed E-state index contributed by atoms with van der Waals surface area (Å²) >= 11 is 6.14. The van der Waals surface area contributed by atoms with Gasteiger partial charge in [-0.25, -0.2) is 0 Å². The zero-order chi connectivity index (χ0) is 27.2. The van der Waals surface area contributed by atoms with Crippen LogP contribution in [0, 0.1) is 6.92 Å². The van der Waals surface area contributed by atoms with E-state index in [2.05, 4.69) is 53.4 Å². The van der Waals surface area contributed by atoms with Crippen molar-refractivity contribution in [2.45, 2.75) is 19.6 Å². The Bertz CT molecular complexity index is 1360. The number of nitrogens with zero attached hydrogens (tertiary/aromatic N) is 2. The first-order valence-electron chi connectivity index (χ1n) is 13.2. The maximum Gasteiger partial charge on any atom is 0.253 e. The number of piperazine rings is 1. The molecule has 4 aromatic rings. The second kappa shape index (κ2) is 12.4. The van der Waals surface area contributed by atoms with Crippen LogP contribution in [0.1, 0.15) is 38.7 Å². The number of halogens is 1. The normalized spacial score (nSPS) is 13.9. The highest BCUT2D eigenvalue weighted by Crippen LogP contribution is 2.30. The van der Waals surface area contributed by atoms with Crippen molar-refractivity contribution in [1.82, 2.24) is 9.80 Å². The van der Waals surface area contributed by atoms with Crippen molar-refractivity contribution in [2.75, 3.05) is 33.3 Å². The molecule has 0 aromatic heterocycles. The molecule has 1 saturated heterocycles. The zero-order valence-electron chi connectivity index (χ0n) is 22.3. The van der Waals surface area contributed by atoms with Crippen molar-refractivity contribution in [1.29, 1.82) is 0 Å². The fourth-order valence-corrected chi connectivity index (χ4v) is 5.26. The largest absolute Gasteiger partial charge is 0.496 e. The predicted molar refractivity (Wildman–Crippen MR) is 156 cm³/mol. The van der Waals surface area contributed by atoms with Gasteiger partial charge in [-0.2, -0.15) is 0 Å². The minimum atomic E-state index is 0.0249. The Labute approximate surface area is 235 Å². The Morgan fingerprint density at radius 3 is 2.08 bits per heavy atom. The molecule has 6 heteroatoms. The standard InChI is InChI=1S/C33H33ClN2O3/c1-24-21-29(14-15-30(24)34)39-23-28-22-27(13-16-31(28)38-2)33(37)36-19-17-35(18-20-36)32(25-9-5-3-6-10-25)26-11-7-4-8-12-26/h3-16,21-22,32H,17-20,23H2,1-2H3. The molecule has 39 heavy (non-hydrogen) atoms. The van der Waals surface area contributed by atoms with E-state index < -0.39 is 0 Å². The summed E-state index contributed by atoms with van der Waals surface area (Å²) in [7, 11) is 1.63. The van der Waals surface area contributed by atoms with Crippen LogP contribution in [-0.2, 0) is 6.61 Å². The number of ether oxygens (including phenoxy) is 2. The van der Waals surface area contributed by atoms with Gasteiger partial charge in [-0.3, -0.25) is 9.69 Å². The molecule has 0 aliphatic carbocycles. The number of aryl methyl sites for hydroxylation is 1. The van der Waals surface area contributed by atoms with Gasteiger partial charge < -0.3 is 14.4 Å². The highest BCUT2D eigenvalue weighted by molar-refractivity contribution is 6.31. The van der Waals surface area contributed by atoms with Crippen LogP contribution in [0.25, 0.3) is 0 Å². The van der Waals surface area contributed by atoms with Gasteiger partial charge in [-0.1, -0.05) is 72.3 Å². The fourth-order valence-electron chi connectivity index (χ4n) is 5.14. The maximum absolute atomic E-state index is 13.5. The van der Waals surface area contributed by atoms with Gasteiger partial charge in [0, 0.05) is 42.3 Å². The molecule has 4 aromatic carbocycles. The highest BCUT2D eigenvalue weighted by atomic mass is 35.5. The van der Waals surface area contributed by atoms with Gasteiger partial charge in [0.1, 0.15) is 18.1 Å². The van der Waals surface area contributed by atoms with Gasteiger partial charge in [-0.15, -0.1) is 0 Å². The first-order chi connectivity index (χ1) is 19.0. The third kappa shape index (κ3) is 6.27. The molecule has 1 aliphatic heterocycles. The molecule has 0 N–H and O–H groups in total. The molecule has 0 saturated carbocycles. The first-order valence-corrected chi connectivity index (χ1v) is 13.6. The zero-order valence-corrected chi connectivity index (χ0v) is 23.1. The molecule has 5 nitrogen and oxygen atoms in total. The average Bonchev–Trinajstić information content (AvgIpc) is 2.99. The molecule has 0 atom stereocenters. The van der Waals surface area contributed by atoms with Crippen LogP contribution < -0.4 is 9.47 Å². The number of carbonyl (C=O) groups is 1. The van der Waals surface area contributed by atoms with Crippen LogP contribution in [0.5, 0.6) is 11.5 Å². The van der Waals surface area contributed by atoms with Gasteiger partial charge in [0.25, 0.3) is 5.91 Å². The average molecular weight is 541 g/mol. The van der Waals surface area contributed by atoms with E-state index >= 15 is 0 Å². The number of amides is 1. The molecule has 1 amide bonds. The smallest absolute Gasteiger partial charge is 0.253 e. The number of rotatable bonds is 8. The SMILES string of the molecule is COc1ccc(C(=O)N2CCN(C(c3ccccc3)c3ccccc3)CC2)cc1COc1ccc(Cl)c(C)c1. The molecule has 200 valence electrons. The van der Waals surface area contributed by atoms with E-state index in [0.29, 0.717) is 29.4 Å². The van der Waals surface area contributed by atoms with Crippen LogP contribution in [0.2, 0.25) is 5.02 Å². The van der Waals surface area contributed by atoms with E-state index in [1.807, 2.05) is 60.4 Å². The van der Waals surface area contributed by atoms with Crippen LogP contribution in [0.4, 0.5) is 0 Å². The lowest BCUT2D eigenvalue weighted by atomic mass is 9.96. The van der Waals surface area contributed by atoms with E-state index in [4.69, 9.17) is 21.1 Å². The van der Waals surface area contributed by atoms with E-state index in [9.17, 15) is 4.79 Å².